The molecular formula is C17H14N2O2S2. The zero-order valence-electron chi connectivity index (χ0n) is 12.2. The predicted octanol–water partition coefficient (Wildman–Crippen LogP) is 3.46. The van der Waals surface area contributed by atoms with Crippen LogP contribution in [0.25, 0.3) is 0 Å². The zero-order chi connectivity index (χ0) is 16.1. The third-order valence-electron chi connectivity index (χ3n) is 3.20. The van der Waals surface area contributed by atoms with Gasteiger partial charge in [0.1, 0.15) is 12.4 Å². The number of thioether (sulfide) groups is 1. The summed E-state index contributed by atoms with van der Waals surface area (Å²) in [5.74, 6) is 0.965. The monoisotopic (exact) mass is 342 g/mol. The predicted molar refractivity (Wildman–Crippen MR) is 96.7 cm³/mol. The van der Waals surface area contributed by atoms with E-state index < -0.39 is 0 Å². The van der Waals surface area contributed by atoms with Gasteiger partial charge in [0.05, 0.1) is 12.0 Å². The van der Waals surface area contributed by atoms with Gasteiger partial charge in [-0.3, -0.25) is 4.79 Å². The first-order valence-electron chi connectivity index (χ1n) is 7.03. The highest BCUT2D eigenvalue weighted by molar-refractivity contribution is 8.23. The van der Waals surface area contributed by atoms with Crippen molar-refractivity contribution in [1.29, 1.82) is 0 Å². The van der Waals surface area contributed by atoms with Crippen molar-refractivity contribution in [1.82, 2.24) is 5.01 Å². The van der Waals surface area contributed by atoms with Crippen LogP contribution in [0, 0.1) is 0 Å². The van der Waals surface area contributed by atoms with Gasteiger partial charge in [0.25, 0.3) is 5.91 Å². The number of benzene rings is 2. The lowest BCUT2D eigenvalue weighted by molar-refractivity contribution is -0.123. The summed E-state index contributed by atoms with van der Waals surface area (Å²) in [5, 5.41) is 5.45. The maximum Gasteiger partial charge on any atom is 0.259 e. The summed E-state index contributed by atoms with van der Waals surface area (Å²) in [7, 11) is 0. The Morgan fingerprint density at radius 1 is 1.17 bits per heavy atom. The average Bonchev–Trinajstić information content (AvgIpc) is 2.91. The van der Waals surface area contributed by atoms with Crippen molar-refractivity contribution in [3.63, 3.8) is 0 Å². The number of hydrogen-bond donors (Lipinski definition) is 0. The van der Waals surface area contributed by atoms with Crippen molar-refractivity contribution in [3.8, 4) is 5.75 Å². The van der Waals surface area contributed by atoms with Crippen LogP contribution in [0.5, 0.6) is 5.75 Å². The summed E-state index contributed by atoms with van der Waals surface area (Å²) < 4.78 is 6.34. The molecule has 1 fully saturated rings. The van der Waals surface area contributed by atoms with Gasteiger partial charge in [-0.15, -0.1) is 0 Å². The number of carbonyl (C=O) groups excluding carboxylic acids is 1. The number of ether oxygens (including phenoxy) is 1. The van der Waals surface area contributed by atoms with Crippen LogP contribution in [0.3, 0.4) is 0 Å². The maximum absolute atomic E-state index is 11.7. The van der Waals surface area contributed by atoms with E-state index in [1.54, 1.807) is 6.21 Å². The Morgan fingerprint density at radius 2 is 1.91 bits per heavy atom. The summed E-state index contributed by atoms with van der Waals surface area (Å²) in [6.45, 7) is 0.475. The fourth-order valence-electron chi connectivity index (χ4n) is 2.03. The molecule has 6 heteroatoms. The Bertz CT molecular complexity index is 731. The van der Waals surface area contributed by atoms with Gasteiger partial charge < -0.3 is 4.74 Å². The second-order valence-electron chi connectivity index (χ2n) is 4.82. The Kier molecular flexibility index (Phi) is 5.05. The topological polar surface area (TPSA) is 41.9 Å². The van der Waals surface area contributed by atoms with Gasteiger partial charge in [-0.05, 0) is 17.7 Å². The van der Waals surface area contributed by atoms with Crippen LogP contribution in [0.1, 0.15) is 11.1 Å². The smallest absolute Gasteiger partial charge is 0.259 e. The minimum Gasteiger partial charge on any atom is -0.488 e. The zero-order valence-corrected chi connectivity index (χ0v) is 13.8. The minimum absolute atomic E-state index is 0.0982. The first-order valence-corrected chi connectivity index (χ1v) is 8.43. The van der Waals surface area contributed by atoms with E-state index in [4.69, 9.17) is 17.0 Å². The van der Waals surface area contributed by atoms with Crippen LogP contribution in [0.4, 0.5) is 0 Å². The highest BCUT2D eigenvalue weighted by atomic mass is 32.2. The standard InChI is InChI=1S/C17H14N2O2S2/c20-16-12-23-17(22)19(16)18-10-14-8-4-5-9-15(14)21-11-13-6-2-1-3-7-13/h1-10H,11-12H2/b18-10+. The first kappa shape index (κ1) is 15.7. The third kappa shape index (κ3) is 3.97. The molecule has 0 N–H and O–H groups in total. The molecule has 3 rings (SSSR count). The molecule has 0 aliphatic carbocycles. The Balaban J connectivity index is 1.73. The molecule has 0 spiro atoms. The van der Waals surface area contributed by atoms with E-state index in [0.717, 1.165) is 11.1 Å². The maximum atomic E-state index is 11.7. The van der Waals surface area contributed by atoms with Crippen LogP contribution >= 0.6 is 24.0 Å². The molecule has 1 aliphatic rings. The highest BCUT2D eigenvalue weighted by Gasteiger charge is 2.26. The molecule has 1 amide bonds. The van der Waals surface area contributed by atoms with E-state index in [9.17, 15) is 4.79 Å². The molecule has 0 aromatic heterocycles. The molecule has 23 heavy (non-hydrogen) atoms. The Morgan fingerprint density at radius 3 is 2.65 bits per heavy atom. The molecule has 1 saturated heterocycles. The number of carbonyl (C=O) groups is 1. The van der Waals surface area contributed by atoms with E-state index in [0.29, 0.717) is 22.4 Å². The summed E-state index contributed by atoms with van der Waals surface area (Å²) >= 11 is 6.43. The number of thiocarbonyl (C=S) groups is 1. The van der Waals surface area contributed by atoms with Crippen molar-refractivity contribution >= 4 is 40.4 Å². The SMILES string of the molecule is O=C1CSC(=S)N1/N=C/c1ccccc1OCc1ccccc1. The van der Waals surface area contributed by atoms with E-state index >= 15 is 0 Å². The van der Waals surface area contributed by atoms with Crippen molar-refractivity contribution in [2.45, 2.75) is 6.61 Å². The van der Waals surface area contributed by atoms with E-state index in [1.807, 2.05) is 54.6 Å². The molecule has 1 heterocycles. The number of para-hydroxylation sites is 1. The highest BCUT2D eigenvalue weighted by Crippen LogP contribution is 2.21. The molecular weight excluding hydrogens is 328 g/mol. The molecule has 2 aromatic rings. The summed E-state index contributed by atoms with van der Waals surface area (Å²) in [6.07, 6.45) is 1.61. The fourth-order valence-corrected chi connectivity index (χ4v) is 3.00. The van der Waals surface area contributed by atoms with Gasteiger partial charge in [0.15, 0.2) is 4.32 Å². The molecule has 116 valence electrons. The minimum atomic E-state index is -0.0982. The quantitative estimate of drug-likeness (QED) is 0.616. The van der Waals surface area contributed by atoms with Crippen LogP contribution in [0.2, 0.25) is 0 Å². The van der Waals surface area contributed by atoms with Crippen molar-refractivity contribution < 1.29 is 9.53 Å². The lowest BCUT2D eigenvalue weighted by atomic mass is 10.2. The van der Waals surface area contributed by atoms with Crippen LogP contribution in [-0.4, -0.2) is 27.2 Å². The van der Waals surface area contributed by atoms with Gasteiger partial charge in [0.2, 0.25) is 0 Å². The van der Waals surface area contributed by atoms with Crippen LogP contribution in [-0.2, 0) is 11.4 Å². The van der Waals surface area contributed by atoms with Gasteiger partial charge in [0, 0.05) is 5.56 Å². The lowest BCUT2D eigenvalue weighted by Gasteiger charge is -2.10. The fraction of sp³-hybridized carbons (Fsp3) is 0.118. The molecule has 0 radical (unpaired) electrons. The normalized spacial score (nSPS) is 14.7. The number of rotatable bonds is 5. The van der Waals surface area contributed by atoms with Crippen LogP contribution in [0.15, 0.2) is 59.7 Å². The molecule has 2 aromatic carbocycles. The summed E-state index contributed by atoms with van der Waals surface area (Å²) in [4.78, 5) is 11.7. The third-order valence-corrected chi connectivity index (χ3v) is 4.53. The average molecular weight is 342 g/mol. The number of hydrogen-bond acceptors (Lipinski definition) is 5. The first-order chi connectivity index (χ1) is 11.2. The largest absolute Gasteiger partial charge is 0.488 e. The van der Waals surface area contributed by atoms with Gasteiger partial charge in [-0.2, -0.15) is 10.1 Å². The van der Waals surface area contributed by atoms with E-state index in [2.05, 4.69) is 5.10 Å². The Hall–Kier alpha value is -2.18. The molecule has 1 aliphatic heterocycles. The summed E-state index contributed by atoms with van der Waals surface area (Å²) in [6, 6.07) is 17.5. The van der Waals surface area contributed by atoms with Gasteiger partial charge >= 0.3 is 0 Å². The number of amides is 1. The van der Waals surface area contributed by atoms with Crippen molar-refractivity contribution in [3.05, 3.63) is 65.7 Å². The number of nitrogens with zero attached hydrogens (tertiary/aromatic N) is 2. The van der Waals surface area contributed by atoms with Crippen molar-refractivity contribution in [2.24, 2.45) is 5.10 Å². The van der Waals surface area contributed by atoms with Gasteiger partial charge in [-0.1, -0.05) is 66.4 Å². The molecule has 4 nitrogen and oxygen atoms in total. The van der Waals surface area contributed by atoms with Gasteiger partial charge in [-0.25, -0.2) is 0 Å². The van der Waals surface area contributed by atoms with E-state index in [-0.39, 0.29) is 5.91 Å². The lowest BCUT2D eigenvalue weighted by Crippen LogP contribution is -2.22. The second-order valence-corrected chi connectivity index (χ2v) is 6.43. The van der Waals surface area contributed by atoms with E-state index in [1.165, 1.54) is 16.8 Å². The molecule has 0 saturated carbocycles. The molecule has 0 atom stereocenters. The number of hydrazone groups is 1. The van der Waals surface area contributed by atoms with Crippen molar-refractivity contribution in [2.75, 3.05) is 5.75 Å². The molecule has 0 unspecified atom stereocenters. The summed E-state index contributed by atoms with van der Waals surface area (Å²) in [5.41, 5.74) is 1.89. The second kappa shape index (κ2) is 7.39. The Labute approximate surface area is 144 Å². The van der Waals surface area contributed by atoms with Crippen LogP contribution < -0.4 is 4.74 Å². The molecule has 0 bridgehead atoms.